The molecule has 1 amide bonds. The second-order valence-electron chi connectivity index (χ2n) is 19.7. The lowest BCUT2D eigenvalue weighted by Gasteiger charge is -2.46. The molecular weight excluding hydrogens is 859 g/mol. The van der Waals surface area contributed by atoms with Crippen LogP contribution >= 0.6 is 0 Å². The first-order valence-electron chi connectivity index (χ1n) is 27.4. The van der Waals surface area contributed by atoms with E-state index in [9.17, 15) is 45.6 Å². The van der Waals surface area contributed by atoms with Crippen LogP contribution in [0.1, 0.15) is 226 Å². The van der Waals surface area contributed by atoms with Crippen LogP contribution in [0.25, 0.3) is 0 Å². The highest BCUT2D eigenvalue weighted by Crippen LogP contribution is 2.30. The molecule has 0 saturated carbocycles. The summed E-state index contributed by atoms with van der Waals surface area (Å²) in [6.07, 6.45) is 26.7. The molecule has 2 fully saturated rings. The number of hydrogen-bond acceptors (Lipinski definition) is 13. The van der Waals surface area contributed by atoms with Gasteiger partial charge in [-0.25, -0.2) is 0 Å². The summed E-state index contributed by atoms with van der Waals surface area (Å²) in [4.78, 5) is 13.2. The van der Waals surface area contributed by atoms with Crippen LogP contribution in [0, 0.1) is 0 Å². The molecule has 2 aliphatic rings. The molecule has 14 nitrogen and oxygen atoms in total. The normalized spacial score (nSPS) is 26.6. The SMILES string of the molecule is CCCCCCCCCCCCCCC/C=C/[C@@H](O)[C@H](CO[C@@H]1O[C@H](CO)[C@@H](O[C@@H]2O[C@H](CO)[C@H](O)C(O)C2O)C(O)C1O)NC(=O)CCCCCCCCCCCCCCCCCCCC. The molecule has 2 saturated heterocycles. The highest BCUT2D eigenvalue weighted by Gasteiger charge is 2.51. The molecule has 67 heavy (non-hydrogen) atoms. The van der Waals surface area contributed by atoms with Crippen LogP contribution in [-0.4, -0.2) is 140 Å². The van der Waals surface area contributed by atoms with E-state index in [0.717, 1.165) is 38.5 Å². The maximum Gasteiger partial charge on any atom is 0.220 e. The first-order valence-corrected chi connectivity index (χ1v) is 27.4. The van der Waals surface area contributed by atoms with Gasteiger partial charge in [-0.1, -0.05) is 212 Å². The molecule has 9 N–H and O–H groups in total. The minimum Gasteiger partial charge on any atom is -0.394 e. The predicted molar refractivity (Wildman–Crippen MR) is 263 cm³/mol. The molecule has 0 spiro atoms. The van der Waals surface area contributed by atoms with Crippen molar-refractivity contribution in [3.63, 3.8) is 0 Å². The number of nitrogens with one attached hydrogen (secondary N) is 1. The Balaban J connectivity index is 1.81. The van der Waals surface area contributed by atoms with Crippen LogP contribution in [0.3, 0.4) is 0 Å². The van der Waals surface area contributed by atoms with Crippen LogP contribution in [0.4, 0.5) is 0 Å². The number of amides is 1. The lowest BCUT2D eigenvalue weighted by Crippen LogP contribution is -2.65. The molecule has 0 aliphatic carbocycles. The molecule has 0 radical (unpaired) electrons. The summed E-state index contributed by atoms with van der Waals surface area (Å²) in [5, 5.41) is 86.9. The zero-order chi connectivity index (χ0) is 48.9. The summed E-state index contributed by atoms with van der Waals surface area (Å²) in [5.41, 5.74) is 0. The van der Waals surface area contributed by atoms with E-state index in [1.807, 2.05) is 6.08 Å². The van der Waals surface area contributed by atoms with Crippen LogP contribution in [0.5, 0.6) is 0 Å². The maximum absolute atomic E-state index is 13.2. The van der Waals surface area contributed by atoms with Gasteiger partial charge in [0.25, 0.3) is 0 Å². The van der Waals surface area contributed by atoms with Gasteiger partial charge in [0.15, 0.2) is 12.6 Å². The summed E-state index contributed by atoms with van der Waals surface area (Å²) in [6.45, 7) is 2.81. The van der Waals surface area contributed by atoms with Crippen LogP contribution in [-0.2, 0) is 23.7 Å². The monoisotopic (exact) mass is 960 g/mol. The Bertz CT molecular complexity index is 1180. The number of unbranched alkanes of at least 4 members (excludes halogenated alkanes) is 30. The van der Waals surface area contributed by atoms with Crippen molar-refractivity contribution in [2.75, 3.05) is 19.8 Å². The smallest absolute Gasteiger partial charge is 0.220 e. The van der Waals surface area contributed by atoms with Crippen molar-refractivity contribution >= 4 is 5.91 Å². The minimum atomic E-state index is -1.78. The van der Waals surface area contributed by atoms with E-state index in [1.54, 1.807) is 6.08 Å². The van der Waals surface area contributed by atoms with Crippen molar-refractivity contribution in [2.45, 2.75) is 299 Å². The molecule has 0 aromatic carbocycles. The first kappa shape index (κ1) is 61.8. The Labute approximate surface area is 406 Å². The fraction of sp³-hybridized carbons (Fsp3) is 0.943. The van der Waals surface area contributed by atoms with Crippen LogP contribution < -0.4 is 5.32 Å². The van der Waals surface area contributed by atoms with E-state index in [4.69, 9.17) is 18.9 Å². The number of hydrogen-bond donors (Lipinski definition) is 9. The van der Waals surface area contributed by atoms with Gasteiger partial charge in [0.2, 0.25) is 5.91 Å². The Kier molecular flexibility index (Phi) is 37.2. The molecule has 2 heterocycles. The molecule has 2 aliphatic heterocycles. The number of allylic oxidation sites excluding steroid dienone is 1. The maximum atomic E-state index is 13.2. The van der Waals surface area contributed by atoms with Gasteiger partial charge in [-0.15, -0.1) is 0 Å². The third-order valence-corrected chi connectivity index (χ3v) is 13.7. The Morgan fingerprint density at radius 1 is 0.522 bits per heavy atom. The van der Waals surface area contributed by atoms with Gasteiger partial charge in [0.1, 0.15) is 48.8 Å². The Morgan fingerprint density at radius 2 is 0.925 bits per heavy atom. The fourth-order valence-electron chi connectivity index (χ4n) is 9.23. The third-order valence-electron chi connectivity index (χ3n) is 13.7. The third kappa shape index (κ3) is 27.2. The molecule has 0 aromatic rings. The number of carbonyl (C=O) groups excluding carboxylic acids is 1. The summed E-state index contributed by atoms with van der Waals surface area (Å²) < 4.78 is 22.7. The van der Waals surface area contributed by atoms with Crippen molar-refractivity contribution in [2.24, 2.45) is 0 Å². The van der Waals surface area contributed by atoms with Crippen molar-refractivity contribution in [3.05, 3.63) is 12.2 Å². The quantitative estimate of drug-likeness (QED) is 0.0209. The van der Waals surface area contributed by atoms with Crippen molar-refractivity contribution in [3.8, 4) is 0 Å². The highest BCUT2D eigenvalue weighted by atomic mass is 16.7. The van der Waals surface area contributed by atoms with Crippen molar-refractivity contribution < 1.29 is 64.6 Å². The van der Waals surface area contributed by atoms with Gasteiger partial charge in [0, 0.05) is 6.42 Å². The van der Waals surface area contributed by atoms with Gasteiger partial charge in [0.05, 0.1) is 32.0 Å². The highest BCUT2D eigenvalue weighted by molar-refractivity contribution is 5.76. The average Bonchev–Trinajstić information content (AvgIpc) is 3.32. The van der Waals surface area contributed by atoms with Gasteiger partial charge in [-0.3, -0.25) is 4.79 Å². The number of ether oxygens (including phenoxy) is 4. The summed E-state index contributed by atoms with van der Waals surface area (Å²) in [6, 6.07) is -0.908. The summed E-state index contributed by atoms with van der Waals surface area (Å²) >= 11 is 0. The number of aliphatic hydroxyl groups excluding tert-OH is 8. The molecule has 14 heteroatoms. The molecule has 12 atom stereocenters. The second kappa shape index (κ2) is 40.3. The van der Waals surface area contributed by atoms with Gasteiger partial charge in [-0.2, -0.15) is 0 Å². The standard InChI is InChI=1S/C53H101NO13/c1-3-5-7-9-11-13-15-17-19-20-21-23-25-27-29-31-33-35-37-45(58)54-41(42(57)36-34-32-30-28-26-24-22-18-16-14-12-10-8-6-4-2)40-64-52-50(63)48(61)51(44(39-56)66-52)67-53-49(62)47(60)46(59)43(38-55)65-53/h34,36,41-44,46-53,55-57,59-63H,3-33,35,37-40H2,1-2H3,(H,54,58)/b36-34+/t41-,42+,43+,44+,46-,47?,48?,49?,50?,51+,52+,53-/m0/s1. The number of carbonyl (C=O) groups is 1. The predicted octanol–water partition coefficient (Wildman–Crippen LogP) is 7.94. The van der Waals surface area contributed by atoms with Gasteiger partial charge in [-0.05, 0) is 19.3 Å². The van der Waals surface area contributed by atoms with Gasteiger partial charge >= 0.3 is 0 Å². The fourth-order valence-corrected chi connectivity index (χ4v) is 9.23. The number of rotatable bonds is 43. The second-order valence-corrected chi connectivity index (χ2v) is 19.7. The molecule has 0 aromatic heterocycles. The average molecular weight is 960 g/mol. The van der Waals surface area contributed by atoms with E-state index in [-0.39, 0.29) is 18.9 Å². The lowest BCUT2D eigenvalue weighted by atomic mass is 9.97. The summed E-state index contributed by atoms with van der Waals surface area (Å²) in [7, 11) is 0. The molecular formula is C53H101NO13. The van der Waals surface area contributed by atoms with E-state index < -0.39 is 86.8 Å². The van der Waals surface area contributed by atoms with Gasteiger partial charge < -0.3 is 65.1 Å². The zero-order valence-electron chi connectivity index (χ0n) is 42.2. The molecule has 4 unspecified atom stereocenters. The largest absolute Gasteiger partial charge is 0.394 e. The molecule has 396 valence electrons. The van der Waals surface area contributed by atoms with E-state index >= 15 is 0 Å². The number of aliphatic hydroxyl groups is 8. The van der Waals surface area contributed by atoms with Crippen LogP contribution in [0.2, 0.25) is 0 Å². The summed E-state index contributed by atoms with van der Waals surface area (Å²) in [5.74, 6) is -0.236. The minimum absolute atomic E-state index is 0.236. The Hall–Kier alpha value is -1.27. The van der Waals surface area contributed by atoms with Crippen molar-refractivity contribution in [1.82, 2.24) is 5.32 Å². The Morgan fingerprint density at radius 3 is 1.37 bits per heavy atom. The molecule has 2 rings (SSSR count). The van der Waals surface area contributed by atoms with E-state index in [0.29, 0.717) is 6.42 Å². The molecule has 0 bridgehead atoms. The van der Waals surface area contributed by atoms with E-state index in [1.165, 1.54) is 161 Å². The lowest BCUT2D eigenvalue weighted by molar-refractivity contribution is -0.359. The first-order chi connectivity index (χ1) is 32.6. The van der Waals surface area contributed by atoms with E-state index in [2.05, 4.69) is 19.2 Å². The topological polar surface area (TPSA) is 228 Å². The zero-order valence-corrected chi connectivity index (χ0v) is 42.2. The van der Waals surface area contributed by atoms with Crippen molar-refractivity contribution in [1.29, 1.82) is 0 Å². The van der Waals surface area contributed by atoms with Crippen LogP contribution in [0.15, 0.2) is 12.2 Å².